The van der Waals surface area contributed by atoms with Gasteiger partial charge in [0, 0.05) is 21.1 Å². The fraction of sp³-hybridized carbons (Fsp3) is 0.182. The number of benzene rings is 1. The molecule has 0 aliphatic heterocycles. The number of rotatable bonds is 2. The van der Waals surface area contributed by atoms with Gasteiger partial charge in [-0.15, -0.1) is 11.3 Å². The highest BCUT2D eigenvalue weighted by Crippen LogP contribution is 2.30. The third-order valence-electron chi connectivity index (χ3n) is 2.37. The summed E-state index contributed by atoms with van der Waals surface area (Å²) in [4.78, 5) is 4.71. The molecule has 0 aliphatic rings. The molecule has 1 heterocycles. The van der Waals surface area contributed by atoms with Crippen LogP contribution in [-0.4, -0.2) is 13.4 Å². The smallest absolute Gasteiger partial charge is 0.241 e. The van der Waals surface area contributed by atoms with Gasteiger partial charge in [0.05, 0.1) is 10.7 Å². The number of nitrogens with zero attached hydrogens (tertiary/aromatic N) is 1. The second-order valence-electron chi connectivity index (χ2n) is 3.72. The zero-order valence-corrected chi connectivity index (χ0v) is 12.0. The molecule has 0 unspecified atom stereocenters. The Morgan fingerprint density at radius 2 is 2.00 bits per heavy atom. The molecular formula is C11H9ClFNO2S2. The maximum Gasteiger partial charge on any atom is 0.264 e. The third kappa shape index (κ3) is 2.55. The predicted octanol–water partition coefficient (Wildman–Crippen LogP) is 3.49. The molecule has 0 radical (unpaired) electrons. The topological polar surface area (TPSA) is 47.0 Å². The van der Waals surface area contributed by atoms with Crippen molar-refractivity contribution >= 4 is 31.1 Å². The molecule has 96 valence electrons. The molecule has 7 heteroatoms. The molecule has 0 aliphatic carbocycles. The molecule has 2 rings (SSSR count). The van der Waals surface area contributed by atoms with Crippen LogP contribution in [0.3, 0.4) is 0 Å². The first-order valence-corrected chi connectivity index (χ1v) is 8.10. The van der Waals surface area contributed by atoms with Gasteiger partial charge in [0.2, 0.25) is 0 Å². The fourth-order valence-electron chi connectivity index (χ4n) is 1.63. The summed E-state index contributed by atoms with van der Waals surface area (Å²) in [6.07, 6.45) is 0. The van der Waals surface area contributed by atoms with Gasteiger partial charge in [-0.2, -0.15) is 0 Å². The molecule has 0 spiro atoms. The van der Waals surface area contributed by atoms with E-state index in [-0.39, 0.29) is 0 Å². The Morgan fingerprint density at radius 3 is 2.50 bits per heavy atom. The van der Waals surface area contributed by atoms with Crippen LogP contribution >= 0.6 is 22.0 Å². The van der Waals surface area contributed by atoms with E-state index >= 15 is 0 Å². The van der Waals surface area contributed by atoms with Crippen molar-refractivity contribution in [2.45, 2.75) is 18.7 Å². The maximum absolute atomic E-state index is 13.4. The lowest BCUT2D eigenvalue weighted by Crippen LogP contribution is -1.96. The highest BCUT2D eigenvalue weighted by Gasteiger charge is 2.18. The van der Waals surface area contributed by atoms with E-state index in [4.69, 9.17) is 10.7 Å². The lowest BCUT2D eigenvalue weighted by atomic mass is 10.1. The minimum Gasteiger partial charge on any atom is -0.241 e. The summed E-state index contributed by atoms with van der Waals surface area (Å²) in [5, 5.41) is 0.863. The molecule has 2 aromatic rings. The van der Waals surface area contributed by atoms with Crippen molar-refractivity contribution in [1.29, 1.82) is 0 Å². The van der Waals surface area contributed by atoms with Crippen molar-refractivity contribution in [3.63, 3.8) is 0 Å². The monoisotopic (exact) mass is 305 g/mol. The minimum absolute atomic E-state index is 0.522. The second kappa shape index (κ2) is 4.60. The summed E-state index contributed by atoms with van der Waals surface area (Å²) in [7, 11) is 1.09. The van der Waals surface area contributed by atoms with Crippen molar-refractivity contribution < 1.29 is 12.8 Å². The molecule has 0 fully saturated rings. The fourth-order valence-corrected chi connectivity index (χ4v) is 3.40. The van der Waals surface area contributed by atoms with E-state index in [9.17, 15) is 12.8 Å². The molecule has 18 heavy (non-hydrogen) atoms. The Morgan fingerprint density at radius 1 is 1.33 bits per heavy atom. The number of hydrogen-bond acceptors (Lipinski definition) is 4. The van der Waals surface area contributed by atoms with Gasteiger partial charge in [-0.05, 0) is 32.0 Å². The summed E-state index contributed by atoms with van der Waals surface area (Å²) in [5.74, 6) is -0.863. The Bertz CT molecular complexity index is 710. The average molecular weight is 306 g/mol. The van der Waals surface area contributed by atoms with Crippen molar-refractivity contribution in [3.05, 3.63) is 33.9 Å². The molecule has 1 aromatic heterocycles. The first-order chi connectivity index (χ1) is 8.29. The van der Waals surface area contributed by atoms with Crippen molar-refractivity contribution in [2.24, 2.45) is 0 Å². The van der Waals surface area contributed by atoms with E-state index in [2.05, 4.69) is 4.98 Å². The molecule has 0 saturated heterocycles. The Hall–Kier alpha value is -0.980. The van der Waals surface area contributed by atoms with E-state index in [1.807, 2.05) is 13.8 Å². The molecular weight excluding hydrogens is 297 g/mol. The summed E-state index contributed by atoms with van der Waals surface area (Å²) in [6, 6.07) is 3.78. The normalized spacial score (nSPS) is 11.8. The first kappa shape index (κ1) is 13.5. The van der Waals surface area contributed by atoms with Gasteiger partial charge in [0.15, 0.2) is 0 Å². The van der Waals surface area contributed by atoms with Crippen LogP contribution in [0.2, 0.25) is 0 Å². The lowest BCUT2D eigenvalue weighted by Gasteiger charge is -2.03. The van der Waals surface area contributed by atoms with Crippen molar-refractivity contribution in [1.82, 2.24) is 4.98 Å². The molecule has 0 bridgehead atoms. The largest absolute Gasteiger partial charge is 0.264 e. The zero-order valence-electron chi connectivity index (χ0n) is 9.57. The van der Waals surface area contributed by atoms with Crippen LogP contribution in [0, 0.1) is 19.7 Å². The highest BCUT2D eigenvalue weighted by molar-refractivity contribution is 8.13. The number of halogens is 2. The van der Waals surface area contributed by atoms with Gasteiger partial charge in [0.25, 0.3) is 9.05 Å². The summed E-state index contributed by atoms with van der Waals surface area (Å²) in [5.41, 5.74) is 1.19. The van der Waals surface area contributed by atoms with Crippen LogP contribution in [0.15, 0.2) is 23.1 Å². The first-order valence-electron chi connectivity index (χ1n) is 4.97. The predicted molar refractivity (Wildman–Crippen MR) is 70.0 cm³/mol. The van der Waals surface area contributed by atoms with E-state index in [1.54, 1.807) is 0 Å². The number of aromatic nitrogens is 1. The number of aryl methyl sites for hydroxylation is 2. The van der Waals surface area contributed by atoms with E-state index in [1.165, 1.54) is 23.5 Å². The van der Waals surface area contributed by atoms with Gasteiger partial charge in [0.1, 0.15) is 10.7 Å². The van der Waals surface area contributed by atoms with Gasteiger partial charge in [-0.25, -0.2) is 17.8 Å². The van der Waals surface area contributed by atoms with E-state index in [0.717, 1.165) is 16.0 Å². The quantitative estimate of drug-likeness (QED) is 0.798. The number of hydrogen-bond donors (Lipinski definition) is 0. The van der Waals surface area contributed by atoms with Crippen LogP contribution in [0.5, 0.6) is 0 Å². The molecule has 0 amide bonds. The second-order valence-corrected chi connectivity index (χ2v) is 7.66. The molecule has 3 nitrogen and oxygen atoms in total. The maximum atomic E-state index is 13.4. The van der Waals surface area contributed by atoms with Crippen LogP contribution in [0.25, 0.3) is 11.3 Å². The van der Waals surface area contributed by atoms with Crippen LogP contribution in [-0.2, 0) is 9.05 Å². The zero-order chi connectivity index (χ0) is 13.5. The summed E-state index contributed by atoms with van der Waals surface area (Å²) >= 11 is 1.49. The lowest BCUT2D eigenvalue weighted by molar-refractivity contribution is 0.576. The minimum atomic E-state index is -4.10. The standard InChI is InChI=1S/C11H9ClFNO2S2/c1-6-11(14-7(2)17-6)8-3-4-9(13)10(5-8)18(12,15)16/h3-5H,1-2H3. The van der Waals surface area contributed by atoms with Gasteiger partial charge in [-0.3, -0.25) is 0 Å². The van der Waals surface area contributed by atoms with Crippen LogP contribution < -0.4 is 0 Å². The van der Waals surface area contributed by atoms with E-state index < -0.39 is 19.8 Å². The molecule has 0 N–H and O–H groups in total. The third-order valence-corrected chi connectivity index (χ3v) is 4.59. The Labute approximate surface area is 113 Å². The van der Waals surface area contributed by atoms with Crippen molar-refractivity contribution in [3.8, 4) is 11.3 Å². The van der Waals surface area contributed by atoms with Gasteiger partial charge in [-0.1, -0.05) is 0 Å². The molecule has 0 atom stereocenters. The SMILES string of the molecule is Cc1nc(-c2ccc(F)c(S(=O)(=O)Cl)c2)c(C)s1. The van der Waals surface area contributed by atoms with Gasteiger partial charge < -0.3 is 0 Å². The average Bonchev–Trinajstić information content (AvgIpc) is 2.57. The Kier molecular flexibility index (Phi) is 3.44. The van der Waals surface area contributed by atoms with Crippen LogP contribution in [0.4, 0.5) is 4.39 Å². The Balaban J connectivity index is 2.65. The highest BCUT2D eigenvalue weighted by atomic mass is 35.7. The van der Waals surface area contributed by atoms with Crippen LogP contribution in [0.1, 0.15) is 9.88 Å². The summed E-state index contributed by atoms with van der Waals surface area (Å²) < 4.78 is 35.9. The summed E-state index contributed by atoms with van der Waals surface area (Å²) in [6.45, 7) is 3.72. The molecule has 1 aromatic carbocycles. The van der Waals surface area contributed by atoms with Crippen molar-refractivity contribution in [2.75, 3.05) is 0 Å². The molecule has 0 saturated carbocycles. The van der Waals surface area contributed by atoms with E-state index in [0.29, 0.717) is 11.3 Å². The number of thiazole rings is 1. The van der Waals surface area contributed by atoms with Gasteiger partial charge >= 0.3 is 0 Å².